The van der Waals surface area contributed by atoms with Crippen LogP contribution in [0.5, 0.6) is 0 Å². The number of ether oxygens (including phenoxy) is 1. The lowest BCUT2D eigenvalue weighted by molar-refractivity contribution is -0.384. The molecule has 0 amide bonds. The molecule has 3 heterocycles. The Morgan fingerprint density at radius 3 is 2.59 bits per heavy atom. The smallest absolute Gasteiger partial charge is 0.293 e. The van der Waals surface area contributed by atoms with Crippen molar-refractivity contribution in [3.05, 3.63) is 27.9 Å². The van der Waals surface area contributed by atoms with E-state index in [1.165, 1.54) is 0 Å². The van der Waals surface area contributed by atoms with Crippen molar-refractivity contribution in [2.24, 2.45) is 0 Å². The zero-order valence-electron chi connectivity index (χ0n) is 17.4. The summed E-state index contributed by atoms with van der Waals surface area (Å²) >= 11 is 0. The molecule has 1 atom stereocenters. The third-order valence-corrected chi connectivity index (χ3v) is 6.31. The lowest BCUT2D eigenvalue weighted by atomic mass is 10.1. The molecule has 0 aliphatic carbocycles. The minimum atomic E-state index is -1.61. The van der Waals surface area contributed by atoms with E-state index in [1.54, 1.807) is 6.07 Å². The van der Waals surface area contributed by atoms with Crippen LogP contribution in [0.2, 0.25) is 19.6 Å². The minimum Gasteiger partial charge on any atom is -0.366 e. The third-order valence-electron chi connectivity index (χ3n) is 5.43. The molecule has 1 aromatic carbocycles. The standard InChI is InChI=1S/C21H28N4O3Si/c1-29(2,3)13-9-17-16-14-20(25(26)27)19(23-10-5-6-11-23)15-18(16)24(22-17)21-8-4-7-12-28-21/h14-15,21H,4-8,10-12H2,1-3H3. The monoisotopic (exact) mass is 412 g/mol. The lowest BCUT2D eigenvalue weighted by Gasteiger charge is -2.24. The van der Waals surface area contributed by atoms with Gasteiger partial charge in [0, 0.05) is 31.1 Å². The van der Waals surface area contributed by atoms with Gasteiger partial charge < -0.3 is 9.64 Å². The summed E-state index contributed by atoms with van der Waals surface area (Å²) in [7, 11) is -1.61. The predicted molar refractivity (Wildman–Crippen MR) is 117 cm³/mol. The summed E-state index contributed by atoms with van der Waals surface area (Å²) in [6, 6.07) is 3.60. The van der Waals surface area contributed by atoms with Crippen LogP contribution >= 0.6 is 0 Å². The summed E-state index contributed by atoms with van der Waals surface area (Å²) in [5.41, 5.74) is 5.67. The van der Waals surface area contributed by atoms with Crippen molar-refractivity contribution in [2.75, 3.05) is 24.6 Å². The molecule has 0 radical (unpaired) electrons. The van der Waals surface area contributed by atoms with Gasteiger partial charge in [0.1, 0.15) is 19.5 Å². The van der Waals surface area contributed by atoms with Gasteiger partial charge in [0.2, 0.25) is 0 Å². The van der Waals surface area contributed by atoms with E-state index in [1.807, 2.05) is 10.7 Å². The molecule has 0 spiro atoms. The highest BCUT2D eigenvalue weighted by molar-refractivity contribution is 6.83. The molecule has 2 saturated heterocycles. The van der Waals surface area contributed by atoms with Gasteiger partial charge in [-0.15, -0.1) is 5.54 Å². The maximum Gasteiger partial charge on any atom is 0.293 e. The average Bonchev–Trinajstić information content (AvgIpc) is 3.33. The molecule has 1 aromatic heterocycles. The summed E-state index contributed by atoms with van der Waals surface area (Å²) in [6.45, 7) is 8.95. The maximum absolute atomic E-state index is 11.9. The number of nitro groups is 1. The Morgan fingerprint density at radius 1 is 1.21 bits per heavy atom. The summed E-state index contributed by atoms with van der Waals surface area (Å²) < 4.78 is 7.90. The Bertz CT molecular complexity index is 987. The zero-order valence-corrected chi connectivity index (χ0v) is 18.4. The highest BCUT2D eigenvalue weighted by Gasteiger charge is 2.28. The first-order chi connectivity index (χ1) is 13.8. The second-order valence-electron chi connectivity index (χ2n) is 8.92. The van der Waals surface area contributed by atoms with Gasteiger partial charge >= 0.3 is 0 Å². The SMILES string of the molecule is C[Si](C)(C)C#Cc1nn(C2CCCCO2)c2cc(N3CCCC3)c([N+](=O)[O-])cc12. The van der Waals surface area contributed by atoms with Crippen LogP contribution in [0, 0.1) is 21.6 Å². The Balaban J connectivity index is 1.92. The molecule has 154 valence electrons. The molecule has 1 unspecified atom stereocenters. The van der Waals surface area contributed by atoms with Gasteiger partial charge in [0.25, 0.3) is 5.69 Å². The topological polar surface area (TPSA) is 73.4 Å². The number of nitro benzene ring substituents is 1. The number of aromatic nitrogens is 2. The van der Waals surface area contributed by atoms with E-state index in [4.69, 9.17) is 9.84 Å². The second kappa shape index (κ2) is 7.80. The van der Waals surface area contributed by atoms with Crippen LogP contribution in [-0.2, 0) is 4.74 Å². The van der Waals surface area contributed by atoms with Gasteiger partial charge in [-0.3, -0.25) is 10.1 Å². The van der Waals surface area contributed by atoms with E-state index in [9.17, 15) is 10.1 Å². The predicted octanol–water partition coefficient (Wildman–Crippen LogP) is 4.47. The molecule has 7 nitrogen and oxygen atoms in total. The van der Waals surface area contributed by atoms with Crippen LogP contribution in [0.1, 0.15) is 44.0 Å². The van der Waals surface area contributed by atoms with E-state index < -0.39 is 8.07 Å². The molecular weight excluding hydrogens is 384 g/mol. The Labute approximate surface area is 172 Å². The second-order valence-corrected chi connectivity index (χ2v) is 13.7. The van der Waals surface area contributed by atoms with Crippen LogP contribution in [0.25, 0.3) is 10.9 Å². The van der Waals surface area contributed by atoms with Gasteiger partial charge in [-0.05, 0) is 38.2 Å². The van der Waals surface area contributed by atoms with Gasteiger partial charge in [-0.25, -0.2) is 4.68 Å². The van der Waals surface area contributed by atoms with E-state index in [0.717, 1.165) is 56.1 Å². The van der Waals surface area contributed by atoms with Crippen molar-refractivity contribution in [2.45, 2.75) is 58.0 Å². The van der Waals surface area contributed by atoms with Crippen molar-refractivity contribution in [3.8, 4) is 11.5 Å². The van der Waals surface area contributed by atoms with Gasteiger partial charge in [-0.1, -0.05) is 25.6 Å². The largest absolute Gasteiger partial charge is 0.366 e. The number of rotatable bonds is 3. The molecule has 0 bridgehead atoms. The van der Waals surface area contributed by atoms with Crippen molar-refractivity contribution in [1.82, 2.24) is 9.78 Å². The van der Waals surface area contributed by atoms with E-state index in [-0.39, 0.29) is 16.8 Å². The van der Waals surface area contributed by atoms with Gasteiger partial charge in [0.05, 0.1) is 10.4 Å². The molecule has 2 aliphatic heterocycles. The van der Waals surface area contributed by atoms with Crippen LogP contribution < -0.4 is 4.90 Å². The van der Waals surface area contributed by atoms with Gasteiger partial charge in [0.15, 0.2) is 6.23 Å². The fraction of sp³-hybridized carbons (Fsp3) is 0.571. The van der Waals surface area contributed by atoms with Crippen molar-refractivity contribution in [3.63, 3.8) is 0 Å². The maximum atomic E-state index is 11.9. The van der Waals surface area contributed by atoms with E-state index in [0.29, 0.717) is 18.0 Å². The molecule has 0 N–H and O–H groups in total. The Kier molecular flexibility index (Phi) is 5.36. The van der Waals surface area contributed by atoms with E-state index in [2.05, 4.69) is 36.0 Å². The van der Waals surface area contributed by atoms with Crippen LogP contribution in [-0.4, -0.2) is 42.5 Å². The van der Waals surface area contributed by atoms with Crippen LogP contribution in [0.3, 0.4) is 0 Å². The highest BCUT2D eigenvalue weighted by Crippen LogP contribution is 2.37. The fourth-order valence-corrected chi connectivity index (χ4v) is 4.49. The molecule has 0 saturated carbocycles. The molecule has 2 aliphatic rings. The molecule has 8 heteroatoms. The van der Waals surface area contributed by atoms with E-state index >= 15 is 0 Å². The number of benzene rings is 1. The van der Waals surface area contributed by atoms with Crippen LogP contribution in [0.15, 0.2) is 12.1 Å². The van der Waals surface area contributed by atoms with Crippen LogP contribution in [0.4, 0.5) is 11.4 Å². The molecule has 2 fully saturated rings. The first kappa shape index (κ1) is 19.9. The number of hydrogen-bond acceptors (Lipinski definition) is 5. The van der Waals surface area contributed by atoms with Crippen molar-refractivity contribution < 1.29 is 9.66 Å². The molecule has 2 aromatic rings. The summed E-state index contributed by atoms with van der Waals surface area (Å²) in [6.07, 6.45) is 5.03. The summed E-state index contributed by atoms with van der Waals surface area (Å²) in [4.78, 5) is 13.7. The first-order valence-electron chi connectivity index (χ1n) is 10.4. The third kappa shape index (κ3) is 4.16. The average molecular weight is 413 g/mol. The van der Waals surface area contributed by atoms with Crippen molar-refractivity contribution >= 4 is 30.4 Å². The normalized spacial score (nSPS) is 20.0. The zero-order chi connectivity index (χ0) is 20.6. The number of anilines is 1. The highest BCUT2D eigenvalue weighted by atomic mass is 28.3. The first-order valence-corrected chi connectivity index (χ1v) is 13.9. The number of nitrogens with zero attached hydrogens (tertiary/aromatic N) is 4. The molecule has 4 rings (SSSR count). The lowest BCUT2D eigenvalue weighted by Crippen LogP contribution is -2.20. The molecule has 29 heavy (non-hydrogen) atoms. The quantitative estimate of drug-likeness (QED) is 0.322. The minimum absolute atomic E-state index is 0.137. The summed E-state index contributed by atoms with van der Waals surface area (Å²) in [5, 5.41) is 17.4. The number of hydrogen-bond donors (Lipinski definition) is 0. The Morgan fingerprint density at radius 2 is 1.97 bits per heavy atom. The molecular formula is C21H28N4O3Si. The summed E-state index contributed by atoms with van der Waals surface area (Å²) in [5.74, 6) is 3.23. The Hall–Kier alpha value is -2.37. The number of fused-ring (bicyclic) bond motifs is 1. The van der Waals surface area contributed by atoms with Gasteiger partial charge in [-0.2, -0.15) is 5.10 Å². The van der Waals surface area contributed by atoms with Crippen molar-refractivity contribution in [1.29, 1.82) is 0 Å². The fourth-order valence-electron chi connectivity index (χ4n) is 3.99.